The molecule has 632 valence electrons. The fourth-order valence-electron chi connectivity index (χ4n) is 14.5. The van der Waals surface area contributed by atoms with Crippen LogP contribution in [0.4, 0.5) is 30.6 Å². The number of likely N-dealkylation sites (N-methyl/N-ethyl adjacent to an activating group) is 4. The number of aliphatic hydroxyl groups excluding tert-OH is 6. The van der Waals surface area contributed by atoms with Gasteiger partial charge in [0.05, 0.1) is 65.2 Å². The summed E-state index contributed by atoms with van der Waals surface area (Å²) in [6.07, 6.45) is -8.78. The predicted octanol–water partition coefficient (Wildman–Crippen LogP) is 3.68. The highest BCUT2D eigenvalue weighted by Crippen LogP contribution is 2.36. The van der Waals surface area contributed by atoms with Crippen molar-refractivity contribution in [2.75, 3.05) is 134 Å². The second kappa shape index (κ2) is 42.4. The first-order chi connectivity index (χ1) is 54.6. The minimum Gasteiger partial charge on any atom is -0.493 e. The summed E-state index contributed by atoms with van der Waals surface area (Å²) in [5.41, 5.74) is 15.5. The zero-order chi connectivity index (χ0) is 82.4. The number of carbonyl (C=O) groups is 6. The van der Waals surface area contributed by atoms with E-state index in [2.05, 4.69) is 9.80 Å². The van der Waals surface area contributed by atoms with Crippen LogP contribution >= 0.6 is 0 Å². The first-order valence-electron chi connectivity index (χ1n) is 38.3. The van der Waals surface area contributed by atoms with Crippen molar-refractivity contribution in [3.05, 3.63) is 95.1 Å². The van der Waals surface area contributed by atoms with Gasteiger partial charge in [0.2, 0.25) is 12.6 Å². The van der Waals surface area contributed by atoms with Gasteiger partial charge in [-0.3, -0.25) is 9.80 Å². The molecule has 2 saturated carbocycles. The summed E-state index contributed by atoms with van der Waals surface area (Å²) in [4.78, 5) is 84.5. The first-order valence-corrected chi connectivity index (χ1v) is 38.3. The van der Waals surface area contributed by atoms with Crippen LogP contribution in [0.5, 0.6) is 34.5 Å². The van der Waals surface area contributed by atoms with Gasteiger partial charge < -0.3 is 138 Å². The number of nitrogens with two attached hydrogens (primary N) is 2. The normalized spacial score (nSPS) is 26.3. The van der Waals surface area contributed by atoms with Crippen LogP contribution in [0, 0.1) is 0 Å². The molecule has 4 aromatic carbocycles. The van der Waals surface area contributed by atoms with Crippen LogP contribution in [0.25, 0.3) is 0 Å². The fraction of sp³-hybridized carbons (Fsp3) is 0.615. The average molecular weight is 1610 g/mol. The maximum absolute atomic E-state index is 13.0. The van der Waals surface area contributed by atoms with Crippen molar-refractivity contribution < 1.29 is 136 Å². The van der Waals surface area contributed by atoms with Crippen LogP contribution in [0.3, 0.4) is 0 Å². The van der Waals surface area contributed by atoms with E-state index in [4.69, 9.17) is 77.8 Å². The standard InChI is InChI=1S/2C39H56N4O14/c2*1-41(38(49)54-22-24-10-11-28(26(40)19-24)56-37-34(46)32(44)33(45)35(57-37)36(47)48)16-17-42(2)39(50)55-25-13-15-43(21-25)27-7-5-6-8-29(27)53-18-14-23-9-12-30(51-3)31(20-23)52-4/h2*9-12,19-20,25,27,29,32-35,37,44-46H,5-8,13-18,21-22,40H2,1-4H3,(H,47,48)/t25-,27+,29-,32?,33?,34?,35?,37?;25-,27-,29-,32?,33?,34?,35?,37?/m10/s1. The molecule has 0 radical (unpaired) electrons. The first kappa shape index (κ1) is 88.8. The number of benzene rings is 4. The number of methoxy groups -OCH3 is 4. The molecule has 6 aliphatic rings. The number of aliphatic carboxylic acids is 2. The summed E-state index contributed by atoms with van der Waals surface area (Å²) < 4.78 is 78.2. The van der Waals surface area contributed by atoms with Crippen molar-refractivity contribution in [1.29, 1.82) is 0 Å². The highest BCUT2D eigenvalue weighted by atomic mass is 16.7. The molecular formula is C78H112N8O28. The van der Waals surface area contributed by atoms with Crippen molar-refractivity contribution in [2.45, 2.75) is 188 Å². The van der Waals surface area contributed by atoms with Crippen LogP contribution in [-0.2, 0) is 73.5 Å². The molecule has 4 aromatic rings. The van der Waals surface area contributed by atoms with E-state index in [9.17, 15) is 69.6 Å². The Morgan fingerprint density at radius 2 is 0.772 bits per heavy atom. The van der Waals surface area contributed by atoms with Gasteiger partial charge in [0.25, 0.3) is 0 Å². The molecule has 12 N–H and O–H groups in total. The molecule has 10 rings (SSSR count). The topological polar surface area (TPSA) is 465 Å². The Hall–Kier alpha value is -9.18. The molecule has 114 heavy (non-hydrogen) atoms. The van der Waals surface area contributed by atoms with E-state index in [-0.39, 0.29) is 98.8 Å². The largest absolute Gasteiger partial charge is 0.493 e. The summed E-state index contributed by atoms with van der Waals surface area (Å²) in [6, 6.07) is 21.1. The molecule has 0 spiro atoms. The van der Waals surface area contributed by atoms with E-state index < -0.39 is 97.7 Å². The Kier molecular flexibility index (Phi) is 33.0. The lowest BCUT2D eigenvalue weighted by Gasteiger charge is -2.38. The number of nitrogen functional groups attached to an aromatic ring is 2. The molecule has 36 heteroatoms. The minimum absolute atomic E-state index is 0.00464. The smallest absolute Gasteiger partial charge is 0.409 e. The van der Waals surface area contributed by atoms with E-state index in [1.54, 1.807) is 56.6 Å². The van der Waals surface area contributed by atoms with Crippen molar-refractivity contribution in [2.24, 2.45) is 0 Å². The number of amides is 4. The van der Waals surface area contributed by atoms with E-state index in [1.807, 2.05) is 36.4 Å². The van der Waals surface area contributed by atoms with Crippen LogP contribution in [0.15, 0.2) is 72.8 Å². The third-order valence-corrected chi connectivity index (χ3v) is 21.3. The van der Waals surface area contributed by atoms with Crippen LogP contribution in [-0.4, -0.2) is 327 Å². The second-order valence-electron chi connectivity index (χ2n) is 29.2. The van der Waals surface area contributed by atoms with Gasteiger partial charge in [-0.25, -0.2) is 28.8 Å². The average Bonchev–Trinajstić information content (AvgIpc) is 1.33. The SMILES string of the molecule is COc1ccc(CCO[C@@H]2CCCC[C@@H]2N2CC[C@@H](OC(=O)N(C)CCN(C)C(=O)OCc3ccc(OC4OC(C(=O)O)C(O)C(O)C4O)c(N)c3)C2)cc1OC.COc1ccc(CCO[C@H]2CCCC[C@@H]2N2CC[C@H](OC(=O)N(C)CCN(C)C(=O)OCc3ccc(OC4OC(C(=O)O)C(O)C(O)C4O)c(N)c3)C2)cc1OC. The quantitative estimate of drug-likeness (QED) is 0.0246. The predicted molar refractivity (Wildman–Crippen MR) is 406 cm³/mol. The number of carbonyl (C=O) groups excluding carboxylic acids is 4. The lowest BCUT2D eigenvalue weighted by atomic mass is 9.91. The fourth-order valence-corrected chi connectivity index (χ4v) is 14.5. The van der Waals surface area contributed by atoms with Gasteiger partial charge >= 0.3 is 36.3 Å². The monoisotopic (exact) mass is 1610 g/mol. The molecule has 0 aromatic heterocycles. The molecule has 4 aliphatic heterocycles. The van der Waals surface area contributed by atoms with Gasteiger partial charge in [-0.1, -0.05) is 49.9 Å². The van der Waals surface area contributed by atoms with Crippen molar-refractivity contribution in [3.63, 3.8) is 0 Å². The van der Waals surface area contributed by atoms with E-state index >= 15 is 0 Å². The van der Waals surface area contributed by atoms with Gasteiger partial charge in [-0.15, -0.1) is 0 Å². The summed E-state index contributed by atoms with van der Waals surface area (Å²) >= 11 is 0. The van der Waals surface area contributed by atoms with Crippen LogP contribution < -0.4 is 39.9 Å². The summed E-state index contributed by atoms with van der Waals surface area (Å²) in [5.74, 6) is -0.303. The second-order valence-corrected chi connectivity index (χ2v) is 29.2. The maximum Gasteiger partial charge on any atom is 0.409 e. The van der Waals surface area contributed by atoms with Gasteiger partial charge in [0.15, 0.2) is 35.2 Å². The van der Waals surface area contributed by atoms with E-state index in [0.29, 0.717) is 60.4 Å². The zero-order valence-corrected chi connectivity index (χ0v) is 65.7. The number of carboxylic acid groups (broad SMARTS) is 2. The summed E-state index contributed by atoms with van der Waals surface area (Å²) in [7, 11) is 12.8. The third-order valence-electron chi connectivity index (χ3n) is 21.3. The minimum atomic E-state index is -1.86. The number of anilines is 2. The number of carboxylic acids is 2. The number of ether oxygens (including phenoxy) is 14. The number of likely N-dealkylation sites (tertiary alicyclic amines) is 2. The molecule has 16 atom stereocenters. The lowest BCUT2D eigenvalue weighted by Crippen LogP contribution is -2.61. The molecule has 4 saturated heterocycles. The lowest BCUT2D eigenvalue weighted by molar-refractivity contribution is -0.271. The highest BCUT2D eigenvalue weighted by molar-refractivity contribution is 5.74. The molecule has 4 amide bonds. The molecular weight excluding hydrogens is 1500 g/mol. The number of hydrogen-bond donors (Lipinski definition) is 10. The van der Waals surface area contributed by atoms with Crippen molar-refractivity contribution in [3.8, 4) is 34.5 Å². The number of hydrogen-bond acceptors (Lipinski definition) is 30. The Morgan fingerprint density at radius 1 is 0.430 bits per heavy atom. The van der Waals surface area contributed by atoms with Gasteiger partial charge in [0, 0.05) is 92.6 Å². The molecule has 0 bridgehead atoms. The van der Waals surface area contributed by atoms with Crippen LogP contribution in [0.1, 0.15) is 86.5 Å². The van der Waals surface area contributed by atoms with Gasteiger partial charge in [-0.05, 0) is 122 Å². The zero-order valence-electron chi connectivity index (χ0n) is 65.7. The summed E-state index contributed by atoms with van der Waals surface area (Å²) in [5, 5.41) is 78.7. The van der Waals surface area contributed by atoms with Crippen molar-refractivity contribution >= 4 is 47.7 Å². The van der Waals surface area contributed by atoms with Gasteiger partial charge in [0.1, 0.15) is 73.5 Å². The Balaban J connectivity index is 0.000000261. The number of rotatable bonds is 32. The highest BCUT2D eigenvalue weighted by Gasteiger charge is 2.50. The summed E-state index contributed by atoms with van der Waals surface area (Å²) in [6.45, 7) is 4.58. The molecule has 6 fully saturated rings. The Bertz CT molecular complexity index is 3570. The molecule has 4 heterocycles. The van der Waals surface area contributed by atoms with E-state index in [1.165, 1.54) is 56.0 Å². The Morgan fingerprint density at radius 3 is 1.12 bits per heavy atom. The number of nitrogens with zero attached hydrogens (tertiary/aromatic N) is 6. The maximum atomic E-state index is 13.0. The molecule has 36 nitrogen and oxygen atoms in total. The molecule has 2 aliphatic carbocycles. The van der Waals surface area contributed by atoms with Gasteiger partial charge in [-0.2, -0.15) is 0 Å². The van der Waals surface area contributed by atoms with Crippen molar-refractivity contribution in [1.82, 2.24) is 29.4 Å². The van der Waals surface area contributed by atoms with Crippen LogP contribution in [0.2, 0.25) is 0 Å². The van der Waals surface area contributed by atoms with E-state index in [0.717, 1.165) is 101 Å². The third kappa shape index (κ3) is 24.0. The number of aliphatic hydroxyl groups is 6. The molecule has 10 unspecified atom stereocenters. The Labute approximate surface area is 661 Å².